The number of halogens is 1. The number of thioether (sulfide) groups is 1. The molecule has 1 fully saturated rings. The second-order valence-electron chi connectivity index (χ2n) is 4.86. The lowest BCUT2D eigenvalue weighted by Crippen LogP contribution is -2.28. The quantitative estimate of drug-likeness (QED) is 0.871. The van der Waals surface area contributed by atoms with Crippen LogP contribution in [-0.2, 0) is 11.3 Å². The largest absolute Gasteiger partial charge is 0.320 e. The highest BCUT2D eigenvalue weighted by Gasteiger charge is 2.34. The maximum Gasteiger partial charge on any atom is 0.234 e. The van der Waals surface area contributed by atoms with E-state index in [1.54, 1.807) is 24.2 Å². The van der Waals surface area contributed by atoms with E-state index in [4.69, 9.17) is 11.6 Å². The number of benzene rings is 1. The smallest absolute Gasteiger partial charge is 0.234 e. The Morgan fingerprint density at radius 2 is 2.14 bits per heavy atom. The van der Waals surface area contributed by atoms with Gasteiger partial charge in [0.05, 0.1) is 29.9 Å². The number of rotatable bonds is 3. The molecule has 21 heavy (non-hydrogen) atoms. The fraction of sp³-hybridized carbons (Fsp3) is 0.267. The number of carbonyl (C=O) groups is 1. The first kappa shape index (κ1) is 14.4. The van der Waals surface area contributed by atoms with Crippen LogP contribution in [0.15, 0.2) is 36.7 Å². The summed E-state index contributed by atoms with van der Waals surface area (Å²) >= 11 is 7.85. The molecule has 1 unspecified atom stereocenters. The molecule has 0 radical (unpaired) electrons. The van der Waals surface area contributed by atoms with Gasteiger partial charge in [-0.25, -0.2) is 0 Å². The Hall–Kier alpha value is -1.59. The number of hydrogen-bond donors (Lipinski definition) is 0. The van der Waals surface area contributed by atoms with Crippen molar-refractivity contribution >= 4 is 29.3 Å². The van der Waals surface area contributed by atoms with E-state index < -0.39 is 0 Å². The van der Waals surface area contributed by atoms with E-state index in [1.165, 1.54) is 0 Å². The molecule has 108 valence electrons. The molecule has 0 spiro atoms. The average Bonchev–Trinajstić information content (AvgIpc) is 2.83. The zero-order valence-electron chi connectivity index (χ0n) is 11.5. The standard InChI is InChI=1S/C15H14ClN3OS/c1-10-6-18-11(7-17-10)8-19-14(20)9-21-15(19)12-4-2-3-5-13(12)16/h2-7,15H,8-9H2,1H3. The van der Waals surface area contributed by atoms with Gasteiger partial charge in [0.2, 0.25) is 5.91 Å². The highest BCUT2D eigenvalue weighted by molar-refractivity contribution is 8.00. The highest BCUT2D eigenvalue weighted by Crippen LogP contribution is 2.41. The van der Waals surface area contributed by atoms with Crippen LogP contribution in [0.1, 0.15) is 22.3 Å². The number of amides is 1. The predicted octanol–water partition coefficient (Wildman–Crippen LogP) is 3.21. The molecule has 2 aromatic rings. The summed E-state index contributed by atoms with van der Waals surface area (Å²) in [7, 11) is 0. The van der Waals surface area contributed by atoms with Gasteiger partial charge < -0.3 is 4.90 Å². The Morgan fingerprint density at radius 3 is 2.86 bits per heavy atom. The molecule has 1 saturated heterocycles. The van der Waals surface area contributed by atoms with Gasteiger partial charge in [-0.1, -0.05) is 29.8 Å². The monoisotopic (exact) mass is 319 g/mol. The molecule has 1 amide bonds. The van der Waals surface area contributed by atoms with Crippen molar-refractivity contribution in [3.63, 3.8) is 0 Å². The lowest BCUT2D eigenvalue weighted by atomic mass is 10.2. The van der Waals surface area contributed by atoms with E-state index in [-0.39, 0.29) is 11.3 Å². The molecule has 6 heteroatoms. The number of carbonyl (C=O) groups excluding carboxylic acids is 1. The Kier molecular flexibility index (Phi) is 4.12. The van der Waals surface area contributed by atoms with Gasteiger partial charge in [0.15, 0.2) is 0 Å². The molecule has 2 heterocycles. The molecule has 0 bridgehead atoms. The molecule has 0 aliphatic carbocycles. The molecular formula is C15H14ClN3OS. The first-order chi connectivity index (χ1) is 10.1. The highest BCUT2D eigenvalue weighted by atomic mass is 35.5. The van der Waals surface area contributed by atoms with Crippen LogP contribution in [0.3, 0.4) is 0 Å². The molecule has 4 nitrogen and oxygen atoms in total. The van der Waals surface area contributed by atoms with Gasteiger partial charge in [0.1, 0.15) is 5.37 Å². The second-order valence-corrected chi connectivity index (χ2v) is 6.33. The van der Waals surface area contributed by atoms with Crippen LogP contribution in [0.5, 0.6) is 0 Å². The van der Waals surface area contributed by atoms with E-state index in [1.807, 2.05) is 36.1 Å². The summed E-state index contributed by atoms with van der Waals surface area (Å²) in [4.78, 5) is 22.5. The molecule has 0 saturated carbocycles. The van der Waals surface area contributed by atoms with E-state index in [0.717, 1.165) is 17.0 Å². The first-order valence-electron chi connectivity index (χ1n) is 6.58. The molecule has 1 atom stereocenters. The number of aromatic nitrogens is 2. The summed E-state index contributed by atoms with van der Waals surface area (Å²) < 4.78 is 0. The molecule has 3 rings (SSSR count). The molecular weight excluding hydrogens is 306 g/mol. The fourth-order valence-electron chi connectivity index (χ4n) is 2.23. The predicted molar refractivity (Wildman–Crippen MR) is 84.0 cm³/mol. The number of hydrogen-bond acceptors (Lipinski definition) is 4. The molecule has 1 aliphatic heterocycles. The van der Waals surface area contributed by atoms with E-state index in [2.05, 4.69) is 9.97 Å². The van der Waals surface area contributed by atoms with Gasteiger partial charge in [-0.3, -0.25) is 14.8 Å². The third-order valence-corrected chi connectivity index (χ3v) is 4.89. The van der Waals surface area contributed by atoms with Crippen molar-refractivity contribution < 1.29 is 4.79 Å². The Bertz CT molecular complexity index is 662. The third kappa shape index (κ3) is 3.04. The number of nitrogens with zero attached hydrogens (tertiary/aromatic N) is 3. The van der Waals surface area contributed by atoms with Crippen LogP contribution in [0, 0.1) is 6.92 Å². The third-order valence-electron chi connectivity index (χ3n) is 3.31. The maximum atomic E-state index is 12.2. The van der Waals surface area contributed by atoms with Gasteiger partial charge in [-0.2, -0.15) is 0 Å². The van der Waals surface area contributed by atoms with E-state index >= 15 is 0 Å². The zero-order chi connectivity index (χ0) is 14.8. The minimum Gasteiger partial charge on any atom is -0.320 e. The van der Waals surface area contributed by atoms with Gasteiger partial charge >= 0.3 is 0 Å². The van der Waals surface area contributed by atoms with Crippen LogP contribution in [-0.4, -0.2) is 26.5 Å². The van der Waals surface area contributed by atoms with Crippen LogP contribution in [0.4, 0.5) is 0 Å². The second kappa shape index (κ2) is 6.03. The summed E-state index contributed by atoms with van der Waals surface area (Å²) in [6.07, 6.45) is 3.43. The van der Waals surface area contributed by atoms with Gasteiger partial charge in [0, 0.05) is 16.8 Å². The van der Waals surface area contributed by atoms with Crippen molar-refractivity contribution in [1.82, 2.24) is 14.9 Å². The van der Waals surface area contributed by atoms with Crippen molar-refractivity contribution in [3.05, 3.63) is 58.6 Å². The summed E-state index contributed by atoms with van der Waals surface area (Å²) in [6.45, 7) is 2.34. The van der Waals surface area contributed by atoms with Crippen molar-refractivity contribution in [2.75, 3.05) is 5.75 Å². The summed E-state index contributed by atoms with van der Waals surface area (Å²) in [5, 5.41) is 0.624. The summed E-state index contributed by atoms with van der Waals surface area (Å²) in [5.41, 5.74) is 2.62. The van der Waals surface area contributed by atoms with Crippen LogP contribution >= 0.6 is 23.4 Å². The minimum absolute atomic E-state index is 0.0608. The molecule has 1 aliphatic rings. The summed E-state index contributed by atoms with van der Waals surface area (Å²) in [6, 6.07) is 7.65. The summed E-state index contributed by atoms with van der Waals surface area (Å²) in [5.74, 6) is 0.571. The zero-order valence-corrected chi connectivity index (χ0v) is 13.1. The van der Waals surface area contributed by atoms with E-state index in [0.29, 0.717) is 17.3 Å². The minimum atomic E-state index is -0.0608. The van der Waals surface area contributed by atoms with Crippen molar-refractivity contribution in [1.29, 1.82) is 0 Å². The van der Waals surface area contributed by atoms with E-state index in [9.17, 15) is 4.79 Å². The van der Waals surface area contributed by atoms with Gasteiger partial charge in [0.25, 0.3) is 0 Å². The Labute approximate surface area is 132 Å². The van der Waals surface area contributed by atoms with Crippen LogP contribution in [0.25, 0.3) is 0 Å². The van der Waals surface area contributed by atoms with Crippen molar-refractivity contribution in [2.24, 2.45) is 0 Å². The Balaban J connectivity index is 1.86. The van der Waals surface area contributed by atoms with Crippen molar-refractivity contribution in [3.8, 4) is 0 Å². The van der Waals surface area contributed by atoms with Gasteiger partial charge in [-0.05, 0) is 13.0 Å². The van der Waals surface area contributed by atoms with Crippen molar-refractivity contribution in [2.45, 2.75) is 18.8 Å². The molecule has 1 aromatic carbocycles. The SMILES string of the molecule is Cc1cnc(CN2C(=O)CSC2c2ccccc2Cl)cn1. The van der Waals surface area contributed by atoms with Crippen LogP contribution in [0.2, 0.25) is 5.02 Å². The lowest BCUT2D eigenvalue weighted by Gasteiger charge is -2.24. The lowest BCUT2D eigenvalue weighted by molar-refractivity contribution is -0.128. The van der Waals surface area contributed by atoms with Crippen LogP contribution < -0.4 is 0 Å². The fourth-order valence-corrected chi connectivity index (χ4v) is 3.76. The topological polar surface area (TPSA) is 46.1 Å². The number of aryl methyl sites for hydroxylation is 1. The maximum absolute atomic E-state index is 12.2. The van der Waals surface area contributed by atoms with Gasteiger partial charge in [-0.15, -0.1) is 11.8 Å². The first-order valence-corrected chi connectivity index (χ1v) is 8.01. The molecule has 0 N–H and O–H groups in total. The molecule has 1 aromatic heterocycles. The Morgan fingerprint density at radius 1 is 1.33 bits per heavy atom. The normalized spacial score (nSPS) is 18.3. The average molecular weight is 320 g/mol.